The molecule has 0 unspecified atom stereocenters. The zero-order chi connectivity index (χ0) is 28.6. The van der Waals surface area contributed by atoms with Crippen molar-refractivity contribution in [2.24, 2.45) is 5.92 Å². The second kappa shape index (κ2) is 13.4. The van der Waals surface area contributed by atoms with Crippen LogP contribution in [0, 0.1) is 18.7 Å². The van der Waals surface area contributed by atoms with E-state index in [4.69, 9.17) is 0 Å². The lowest BCUT2D eigenvalue weighted by Crippen LogP contribution is -2.53. The maximum absolute atomic E-state index is 14.0. The number of amides is 2. The summed E-state index contributed by atoms with van der Waals surface area (Å²) >= 11 is 0. The monoisotopic (exact) mass is 553 g/mol. The van der Waals surface area contributed by atoms with Crippen molar-refractivity contribution in [3.63, 3.8) is 0 Å². The summed E-state index contributed by atoms with van der Waals surface area (Å²) in [6.45, 7) is 5.83. The number of nitrogens with zero attached hydrogens (tertiary/aromatic N) is 2. The summed E-state index contributed by atoms with van der Waals surface area (Å²) in [5.74, 6) is -1.34. The smallest absolute Gasteiger partial charge is 0.244 e. The average Bonchev–Trinajstić information content (AvgIpc) is 2.88. The van der Waals surface area contributed by atoms with Crippen LogP contribution in [0.1, 0.15) is 30.5 Å². The van der Waals surface area contributed by atoms with Gasteiger partial charge in [0.2, 0.25) is 21.8 Å². The van der Waals surface area contributed by atoms with E-state index in [1.807, 2.05) is 75.4 Å². The number of benzene rings is 3. The Kier molecular flexibility index (Phi) is 10.2. The number of anilines is 1. The van der Waals surface area contributed by atoms with Crippen LogP contribution in [0.4, 0.5) is 10.1 Å². The maximum Gasteiger partial charge on any atom is 0.244 e. The molecule has 3 aromatic rings. The largest absolute Gasteiger partial charge is 0.354 e. The lowest BCUT2D eigenvalue weighted by atomic mass is 10.0. The molecule has 0 aliphatic heterocycles. The van der Waals surface area contributed by atoms with Gasteiger partial charge >= 0.3 is 0 Å². The number of nitrogens with one attached hydrogen (secondary N) is 1. The van der Waals surface area contributed by atoms with Crippen molar-refractivity contribution < 1.29 is 22.4 Å². The molecule has 3 rings (SSSR count). The highest BCUT2D eigenvalue weighted by molar-refractivity contribution is 7.92. The van der Waals surface area contributed by atoms with E-state index in [1.54, 1.807) is 0 Å². The first kappa shape index (κ1) is 29.8. The van der Waals surface area contributed by atoms with Crippen LogP contribution in [0.5, 0.6) is 0 Å². The molecule has 39 heavy (non-hydrogen) atoms. The Bertz CT molecular complexity index is 1360. The number of sulfonamides is 1. The van der Waals surface area contributed by atoms with Crippen molar-refractivity contribution in [2.75, 3.05) is 23.7 Å². The Balaban J connectivity index is 2.04. The third-order valence-corrected chi connectivity index (χ3v) is 7.35. The molecule has 7 nitrogen and oxygen atoms in total. The van der Waals surface area contributed by atoms with Gasteiger partial charge in [-0.05, 0) is 42.2 Å². The van der Waals surface area contributed by atoms with E-state index in [1.165, 1.54) is 23.1 Å². The molecule has 0 saturated carbocycles. The molecule has 0 spiro atoms. The highest BCUT2D eigenvalue weighted by atomic mass is 32.2. The van der Waals surface area contributed by atoms with Crippen molar-refractivity contribution in [2.45, 2.75) is 39.8 Å². The molecule has 2 amide bonds. The lowest BCUT2D eigenvalue weighted by molar-refractivity contribution is -0.140. The first-order chi connectivity index (χ1) is 18.4. The summed E-state index contributed by atoms with van der Waals surface area (Å²) in [5.41, 5.74) is 2.72. The van der Waals surface area contributed by atoms with Gasteiger partial charge in [0.05, 0.1) is 11.9 Å². The summed E-state index contributed by atoms with van der Waals surface area (Å²) in [7, 11) is -3.95. The predicted molar refractivity (Wildman–Crippen MR) is 152 cm³/mol. The summed E-state index contributed by atoms with van der Waals surface area (Å²) in [6.07, 6.45) is 1.20. The van der Waals surface area contributed by atoms with E-state index >= 15 is 0 Å². The normalized spacial score (nSPS) is 12.2. The van der Waals surface area contributed by atoms with Gasteiger partial charge in [-0.15, -0.1) is 0 Å². The van der Waals surface area contributed by atoms with Gasteiger partial charge in [-0.25, -0.2) is 12.8 Å². The van der Waals surface area contributed by atoms with Crippen LogP contribution in [0.2, 0.25) is 0 Å². The molecule has 0 aliphatic rings. The molecule has 0 fully saturated rings. The van der Waals surface area contributed by atoms with Gasteiger partial charge in [0.15, 0.2) is 0 Å². The fourth-order valence-corrected chi connectivity index (χ4v) is 4.95. The molecular formula is C30H36FN3O4S. The first-order valence-electron chi connectivity index (χ1n) is 12.8. The molecule has 0 bridgehead atoms. The fourth-order valence-electron chi connectivity index (χ4n) is 4.11. The minimum absolute atomic E-state index is 0.0324. The number of aryl methyl sites for hydroxylation is 1. The Morgan fingerprint density at radius 2 is 1.59 bits per heavy atom. The molecule has 3 aromatic carbocycles. The van der Waals surface area contributed by atoms with Crippen molar-refractivity contribution in [1.82, 2.24) is 10.2 Å². The number of carbonyl (C=O) groups excluding carboxylic acids is 2. The zero-order valence-electron chi connectivity index (χ0n) is 22.8. The number of hydrogen-bond donors (Lipinski definition) is 1. The maximum atomic E-state index is 14.0. The van der Waals surface area contributed by atoms with Crippen LogP contribution in [-0.2, 0) is 32.6 Å². The van der Waals surface area contributed by atoms with Crippen LogP contribution < -0.4 is 9.62 Å². The fraction of sp³-hybridized carbons (Fsp3) is 0.333. The third-order valence-electron chi connectivity index (χ3n) is 6.20. The van der Waals surface area contributed by atoms with Gasteiger partial charge in [0.1, 0.15) is 18.4 Å². The minimum Gasteiger partial charge on any atom is -0.354 e. The van der Waals surface area contributed by atoms with Crippen molar-refractivity contribution in [3.05, 3.63) is 101 Å². The number of halogens is 1. The molecule has 0 radical (unpaired) electrons. The van der Waals surface area contributed by atoms with Crippen LogP contribution >= 0.6 is 0 Å². The Hall–Kier alpha value is -3.72. The summed E-state index contributed by atoms with van der Waals surface area (Å²) in [4.78, 5) is 28.9. The van der Waals surface area contributed by atoms with Crippen LogP contribution in [0.25, 0.3) is 0 Å². The van der Waals surface area contributed by atoms with Gasteiger partial charge in [0.25, 0.3) is 0 Å². The number of rotatable bonds is 12. The summed E-state index contributed by atoms with van der Waals surface area (Å²) < 4.78 is 40.3. The Labute approximate surface area is 230 Å². The molecule has 0 saturated heterocycles. The van der Waals surface area contributed by atoms with E-state index in [-0.39, 0.29) is 30.5 Å². The summed E-state index contributed by atoms with van der Waals surface area (Å²) in [6, 6.07) is 21.1. The van der Waals surface area contributed by atoms with Gasteiger partial charge in [-0.3, -0.25) is 13.9 Å². The molecule has 0 aliphatic carbocycles. The summed E-state index contributed by atoms with van der Waals surface area (Å²) in [5, 5.41) is 2.94. The van der Waals surface area contributed by atoms with Gasteiger partial charge < -0.3 is 10.2 Å². The number of hydrogen-bond acceptors (Lipinski definition) is 4. The van der Waals surface area contributed by atoms with Crippen LogP contribution in [0.3, 0.4) is 0 Å². The SMILES string of the molecule is Cc1ccc(CN(C(=O)CN(c2cccc(F)c2)S(C)(=O)=O)[C@@H](Cc2ccccc2)C(=O)NCC(C)C)cc1. The molecular weight excluding hydrogens is 517 g/mol. The third kappa shape index (κ3) is 8.92. The number of carbonyl (C=O) groups is 2. The van der Waals surface area contributed by atoms with Crippen LogP contribution in [-0.4, -0.2) is 50.5 Å². The van der Waals surface area contributed by atoms with Crippen molar-refractivity contribution in [3.8, 4) is 0 Å². The van der Waals surface area contributed by atoms with E-state index in [9.17, 15) is 22.4 Å². The van der Waals surface area contributed by atoms with Gasteiger partial charge in [-0.1, -0.05) is 80.1 Å². The molecule has 208 valence electrons. The molecule has 0 aromatic heterocycles. The highest BCUT2D eigenvalue weighted by Crippen LogP contribution is 2.21. The standard InChI is InChI=1S/C30H36FN3O4S/c1-22(2)19-32-30(36)28(17-24-9-6-5-7-10-24)33(20-25-15-13-23(3)14-16-25)29(35)21-34(39(4,37)38)27-12-8-11-26(31)18-27/h5-16,18,22,28H,17,19-21H2,1-4H3,(H,32,36)/t28-/m0/s1. The van der Waals surface area contributed by atoms with Crippen LogP contribution in [0.15, 0.2) is 78.9 Å². The van der Waals surface area contributed by atoms with Crippen molar-refractivity contribution in [1.29, 1.82) is 0 Å². The predicted octanol–water partition coefficient (Wildman–Crippen LogP) is 4.31. The molecule has 9 heteroatoms. The minimum atomic E-state index is -3.95. The van der Waals surface area contributed by atoms with E-state index in [2.05, 4.69) is 5.32 Å². The van der Waals surface area contributed by atoms with E-state index in [0.717, 1.165) is 33.3 Å². The second-order valence-corrected chi connectivity index (χ2v) is 12.0. The van der Waals surface area contributed by atoms with Gasteiger partial charge in [-0.2, -0.15) is 0 Å². The molecule has 0 heterocycles. The molecule has 1 atom stereocenters. The van der Waals surface area contributed by atoms with Gasteiger partial charge in [0, 0.05) is 19.5 Å². The second-order valence-electron chi connectivity index (χ2n) is 10.1. The Morgan fingerprint density at radius 1 is 0.923 bits per heavy atom. The van der Waals surface area contributed by atoms with Crippen molar-refractivity contribution >= 4 is 27.5 Å². The quantitative estimate of drug-likeness (QED) is 0.362. The highest BCUT2D eigenvalue weighted by Gasteiger charge is 2.33. The average molecular weight is 554 g/mol. The first-order valence-corrected chi connectivity index (χ1v) is 14.7. The Morgan fingerprint density at radius 3 is 2.18 bits per heavy atom. The topological polar surface area (TPSA) is 86.8 Å². The zero-order valence-corrected chi connectivity index (χ0v) is 23.6. The molecule has 1 N–H and O–H groups in total. The lowest BCUT2D eigenvalue weighted by Gasteiger charge is -2.33. The van der Waals surface area contributed by atoms with E-state index < -0.39 is 34.3 Å². The van der Waals surface area contributed by atoms with E-state index in [0.29, 0.717) is 6.54 Å².